The van der Waals surface area contributed by atoms with Gasteiger partial charge in [0, 0.05) is 23.5 Å². The number of rotatable bonds is 8. The summed E-state index contributed by atoms with van der Waals surface area (Å²) in [4.78, 5) is 29.1. The van der Waals surface area contributed by atoms with E-state index < -0.39 is 0 Å². The minimum absolute atomic E-state index is 0.0591. The smallest absolute Gasteiger partial charge is 0.251 e. The van der Waals surface area contributed by atoms with Gasteiger partial charge >= 0.3 is 0 Å². The van der Waals surface area contributed by atoms with Crippen LogP contribution in [-0.2, 0) is 10.5 Å². The highest BCUT2D eigenvalue weighted by molar-refractivity contribution is 7.99. The number of hydrogen-bond acceptors (Lipinski definition) is 5. The van der Waals surface area contributed by atoms with Crippen LogP contribution in [-0.4, -0.2) is 29.1 Å². The fourth-order valence-electron chi connectivity index (χ4n) is 2.74. The van der Waals surface area contributed by atoms with Crippen molar-refractivity contribution in [3.63, 3.8) is 0 Å². The molecule has 3 aromatic rings. The Morgan fingerprint density at radius 3 is 2.69 bits per heavy atom. The van der Waals surface area contributed by atoms with Crippen LogP contribution in [0.1, 0.15) is 34.8 Å². The van der Waals surface area contributed by atoms with Crippen molar-refractivity contribution in [3.05, 3.63) is 58.6 Å². The fourth-order valence-corrected chi connectivity index (χ4v) is 4.59. The second-order valence-electron chi connectivity index (χ2n) is 7.25. The van der Waals surface area contributed by atoms with Gasteiger partial charge in [-0.1, -0.05) is 26.0 Å². The van der Waals surface area contributed by atoms with Crippen LogP contribution in [0.2, 0.25) is 0 Å². The number of benzene rings is 2. The van der Waals surface area contributed by atoms with Crippen LogP contribution in [0.5, 0.6) is 0 Å². The summed E-state index contributed by atoms with van der Waals surface area (Å²) < 4.78 is 1.17. The summed E-state index contributed by atoms with van der Waals surface area (Å²) in [6.45, 7) is 6.64. The molecule has 5 nitrogen and oxygen atoms in total. The van der Waals surface area contributed by atoms with Crippen LogP contribution in [0.25, 0.3) is 10.2 Å². The number of anilines is 1. The summed E-state index contributed by atoms with van der Waals surface area (Å²) in [5.41, 5.74) is 3.21. The summed E-state index contributed by atoms with van der Waals surface area (Å²) >= 11 is 3.21. The van der Waals surface area contributed by atoms with E-state index in [0.29, 0.717) is 29.5 Å². The maximum absolute atomic E-state index is 12.3. The molecule has 0 bridgehead atoms. The molecule has 1 heterocycles. The number of amides is 2. The van der Waals surface area contributed by atoms with Crippen molar-refractivity contribution in [2.24, 2.45) is 5.92 Å². The first-order chi connectivity index (χ1) is 13.9. The standard InChI is InChI=1S/C22H25N3O2S2/c1-14(2)11-23-22(27)16-8-9-17(15(3)10-16)24-20(26)12-28-13-21-25-18-6-4-5-7-19(18)29-21/h4-10,14H,11-13H2,1-3H3,(H,23,27)(H,24,26). The Labute approximate surface area is 179 Å². The molecule has 0 aliphatic carbocycles. The van der Waals surface area contributed by atoms with E-state index >= 15 is 0 Å². The topological polar surface area (TPSA) is 71.1 Å². The minimum atomic E-state index is -0.0916. The van der Waals surface area contributed by atoms with Gasteiger partial charge in [0.05, 0.1) is 16.0 Å². The van der Waals surface area contributed by atoms with Gasteiger partial charge in [-0.05, 0) is 48.7 Å². The number of para-hydroxylation sites is 1. The van der Waals surface area contributed by atoms with E-state index in [-0.39, 0.29) is 11.8 Å². The number of nitrogens with zero attached hydrogens (tertiary/aromatic N) is 1. The summed E-state index contributed by atoms with van der Waals surface area (Å²) in [5.74, 6) is 1.31. The SMILES string of the molecule is Cc1cc(C(=O)NCC(C)C)ccc1NC(=O)CSCc1nc2ccccc2s1. The molecule has 0 radical (unpaired) electrons. The van der Waals surface area contributed by atoms with Crippen LogP contribution in [0, 0.1) is 12.8 Å². The lowest BCUT2D eigenvalue weighted by Gasteiger charge is -2.11. The molecule has 3 rings (SSSR count). The second-order valence-corrected chi connectivity index (χ2v) is 9.35. The molecule has 152 valence electrons. The van der Waals surface area contributed by atoms with Crippen LogP contribution in [0.3, 0.4) is 0 Å². The number of nitrogens with one attached hydrogen (secondary N) is 2. The van der Waals surface area contributed by atoms with Gasteiger partial charge in [-0.25, -0.2) is 4.98 Å². The van der Waals surface area contributed by atoms with Crippen LogP contribution in [0.15, 0.2) is 42.5 Å². The zero-order chi connectivity index (χ0) is 20.8. The first kappa shape index (κ1) is 21.3. The molecule has 2 aromatic carbocycles. The Balaban J connectivity index is 1.50. The molecular formula is C22H25N3O2S2. The van der Waals surface area contributed by atoms with Gasteiger partial charge in [0.1, 0.15) is 5.01 Å². The van der Waals surface area contributed by atoms with E-state index in [1.807, 2.05) is 25.1 Å². The Hall–Kier alpha value is -2.38. The van der Waals surface area contributed by atoms with Crippen molar-refractivity contribution < 1.29 is 9.59 Å². The predicted molar refractivity (Wildman–Crippen MR) is 123 cm³/mol. The second kappa shape index (κ2) is 9.89. The third-order valence-electron chi connectivity index (χ3n) is 4.23. The number of fused-ring (bicyclic) bond motifs is 1. The van der Waals surface area contributed by atoms with Crippen molar-refractivity contribution in [1.82, 2.24) is 10.3 Å². The largest absolute Gasteiger partial charge is 0.352 e. The molecule has 0 atom stereocenters. The van der Waals surface area contributed by atoms with E-state index in [2.05, 4.69) is 35.5 Å². The molecule has 0 unspecified atom stereocenters. The van der Waals surface area contributed by atoms with E-state index in [4.69, 9.17) is 0 Å². The lowest BCUT2D eigenvalue weighted by Crippen LogP contribution is -2.27. The van der Waals surface area contributed by atoms with Gasteiger partial charge < -0.3 is 10.6 Å². The van der Waals surface area contributed by atoms with Crippen LogP contribution < -0.4 is 10.6 Å². The molecule has 0 saturated carbocycles. The highest BCUT2D eigenvalue weighted by Crippen LogP contribution is 2.25. The zero-order valence-corrected chi connectivity index (χ0v) is 18.5. The van der Waals surface area contributed by atoms with Gasteiger partial charge in [0.25, 0.3) is 5.91 Å². The molecule has 2 amide bonds. The molecular weight excluding hydrogens is 402 g/mol. The number of aryl methyl sites for hydroxylation is 1. The number of carbonyl (C=O) groups is 2. The number of thioether (sulfide) groups is 1. The first-order valence-electron chi connectivity index (χ1n) is 9.53. The maximum Gasteiger partial charge on any atom is 0.251 e. The van der Waals surface area contributed by atoms with Gasteiger partial charge in [-0.15, -0.1) is 23.1 Å². The lowest BCUT2D eigenvalue weighted by molar-refractivity contribution is -0.113. The number of thiazole rings is 1. The highest BCUT2D eigenvalue weighted by atomic mass is 32.2. The summed E-state index contributed by atoms with van der Waals surface area (Å²) in [6.07, 6.45) is 0. The van der Waals surface area contributed by atoms with Crippen molar-refractivity contribution >= 4 is 50.8 Å². The molecule has 0 spiro atoms. The average Bonchev–Trinajstić information content (AvgIpc) is 3.10. The third kappa shape index (κ3) is 6.05. The average molecular weight is 428 g/mol. The van der Waals surface area contributed by atoms with Gasteiger partial charge in [-0.3, -0.25) is 9.59 Å². The zero-order valence-electron chi connectivity index (χ0n) is 16.8. The first-order valence-corrected chi connectivity index (χ1v) is 11.5. The fraction of sp³-hybridized carbons (Fsp3) is 0.318. The van der Waals surface area contributed by atoms with E-state index in [1.54, 1.807) is 41.3 Å². The van der Waals surface area contributed by atoms with E-state index in [9.17, 15) is 9.59 Å². The molecule has 0 aliphatic heterocycles. The predicted octanol–water partition coefficient (Wildman–Crippen LogP) is 4.86. The summed E-state index contributed by atoms with van der Waals surface area (Å²) in [7, 11) is 0. The summed E-state index contributed by atoms with van der Waals surface area (Å²) in [6, 6.07) is 13.4. The molecule has 29 heavy (non-hydrogen) atoms. The number of hydrogen-bond donors (Lipinski definition) is 2. The molecule has 2 N–H and O–H groups in total. The van der Waals surface area contributed by atoms with Crippen LogP contribution in [0.4, 0.5) is 5.69 Å². The molecule has 1 aromatic heterocycles. The van der Waals surface area contributed by atoms with Gasteiger partial charge in [0.2, 0.25) is 5.91 Å². The summed E-state index contributed by atoms with van der Waals surface area (Å²) in [5, 5.41) is 6.86. The normalized spacial score (nSPS) is 11.0. The number of carbonyl (C=O) groups excluding carboxylic acids is 2. The molecule has 7 heteroatoms. The number of aromatic nitrogens is 1. The maximum atomic E-state index is 12.3. The quantitative estimate of drug-likeness (QED) is 0.538. The van der Waals surface area contributed by atoms with Gasteiger partial charge in [-0.2, -0.15) is 0 Å². The Morgan fingerprint density at radius 1 is 1.17 bits per heavy atom. The van der Waals surface area contributed by atoms with E-state index in [1.165, 1.54) is 4.70 Å². The van der Waals surface area contributed by atoms with Crippen molar-refractivity contribution in [1.29, 1.82) is 0 Å². The Bertz CT molecular complexity index is 981. The van der Waals surface area contributed by atoms with Crippen LogP contribution >= 0.6 is 23.1 Å². The van der Waals surface area contributed by atoms with E-state index in [0.717, 1.165) is 21.8 Å². The van der Waals surface area contributed by atoms with Gasteiger partial charge in [0.15, 0.2) is 0 Å². The lowest BCUT2D eigenvalue weighted by atomic mass is 10.1. The highest BCUT2D eigenvalue weighted by Gasteiger charge is 2.11. The Kier molecular flexibility index (Phi) is 7.28. The van der Waals surface area contributed by atoms with Crippen molar-refractivity contribution in [2.75, 3.05) is 17.6 Å². The third-order valence-corrected chi connectivity index (χ3v) is 6.39. The molecule has 0 fully saturated rings. The Morgan fingerprint density at radius 2 is 1.97 bits per heavy atom. The van der Waals surface area contributed by atoms with Crippen molar-refractivity contribution in [2.45, 2.75) is 26.5 Å². The minimum Gasteiger partial charge on any atom is -0.352 e. The molecule has 0 aliphatic rings. The molecule has 0 saturated heterocycles. The van der Waals surface area contributed by atoms with Crippen molar-refractivity contribution in [3.8, 4) is 0 Å². The monoisotopic (exact) mass is 427 g/mol.